The van der Waals surface area contributed by atoms with Crippen molar-refractivity contribution in [3.63, 3.8) is 0 Å². The standard InChI is InChI=1S/C20H23Cl2NO3/c1-13-6-5-7-14(2)20(13)23(15(3)11-25-4)19(24)12-26-18-9-8-16(21)10-17(18)22/h5-10,15H,11-12H2,1-4H3/t15-/m1/s1. The van der Waals surface area contributed by atoms with E-state index in [9.17, 15) is 4.79 Å². The van der Waals surface area contributed by atoms with Crippen molar-refractivity contribution in [1.29, 1.82) is 0 Å². The summed E-state index contributed by atoms with van der Waals surface area (Å²) in [7, 11) is 1.62. The van der Waals surface area contributed by atoms with Crippen LogP contribution in [-0.4, -0.2) is 32.3 Å². The Morgan fingerprint density at radius 3 is 2.38 bits per heavy atom. The smallest absolute Gasteiger partial charge is 0.265 e. The monoisotopic (exact) mass is 395 g/mol. The number of carbonyl (C=O) groups excluding carboxylic acids is 1. The summed E-state index contributed by atoms with van der Waals surface area (Å²) >= 11 is 12.0. The van der Waals surface area contributed by atoms with Crippen LogP contribution >= 0.6 is 23.2 Å². The number of ether oxygens (including phenoxy) is 2. The summed E-state index contributed by atoms with van der Waals surface area (Å²) in [4.78, 5) is 14.7. The Morgan fingerprint density at radius 2 is 1.81 bits per heavy atom. The van der Waals surface area contributed by atoms with Gasteiger partial charge in [-0.3, -0.25) is 4.79 Å². The molecule has 0 saturated carbocycles. The van der Waals surface area contributed by atoms with E-state index in [1.165, 1.54) is 0 Å². The van der Waals surface area contributed by atoms with Crippen molar-refractivity contribution in [2.24, 2.45) is 0 Å². The number of anilines is 1. The molecule has 4 nitrogen and oxygen atoms in total. The van der Waals surface area contributed by atoms with Gasteiger partial charge >= 0.3 is 0 Å². The Kier molecular flexibility index (Phi) is 7.33. The highest BCUT2D eigenvalue weighted by Crippen LogP contribution is 2.29. The molecule has 0 saturated heterocycles. The molecular weight excluding hydrogens is 373 g/mol. The van der Waals surface area contributed by atoms with Crippen LogP contribution < -0.4 is 9.64 Å². The highest BCUT2D eigenvalue weighted by atomic mass is 35.5. The minimum Gasteiger partial charge on any atom is -0.482 e. The topological polar surface area (TPSA) is 38.8 Å². The number of hydrogen-bond acceptors (Lipinski definition) is 3. The van der Waals surface area contributed by atoms with Crippen molar-refractivity contribution in [3.05, 3.63) is 57.6 Å². The SMILES string of the molecule is COC[C@@H](C)N(C(=O)COc1ccc(Cl)cc1Cl)c1c(C)cccc1C. The molecule has 0 N–H and O–H groups in total. The van der Waals surface area contributed by atoms with Gasteiger partial charge in [0.25, 0.3) is 5.91 Å². The van der Waals surface area contributed by atoms with Crippen molar-refractivity contribution < 1.29 is 14.3 Å². The lowest BCUT2D eigenvalue weighted by Gasteiger charge is -2.31. The van der Waals surface area contributed by atoms with Gasteiger partial charge in [0.15, 0.2) is 6.61 Å². The Morgan fingerprint density at radius 1 is 1.15 bits per heavy atom. The average Bonchev–Trinajstić information content (AvgIpc) is 2.57. The molecule has 2 aromatic rings. The van der Waals surface area contributed by atoms with E-state index in [2.05, 4.69) is 0 Å². The van der Waals surface area contributed by atoms with Crippen LogP contribution in [0.1, 0.15) is 18.1 Å². The molecule has 0 aliphatic carbocycles. The summed E-state index contributed by atoms with van der Waals surface area (Å²) < 4.78 is 10.9. The molecule has 0 unspecified atom stereocenters. The highest BCUT2D eigenvalue weighted by molar-refractivity contribution is 6.35. The maximum atomic E-state index is 13.0. The summed E-state index contributed by atoms with van der Waals surface area (Å²) in [6, 6.07) is 10.7. The van der Waals surface area contributed by atoms with Crippen molar-refractivity contribution in [2.75, 3.05) is 25.2 Å². The Labute approximate surface area is 164 Å². The average molecular weight is 396 g/mol. The fraction of sp³-hybridized carbons (Fsp3) is 0.350. The predicted molar refractivity (Wildman–Crippen MR) is 107 cm³/mol. The quantitative estimate of drug-likeness (QED) is 0.657. The molecule has 1 amide bonds. The summed E-state index contributed by atoms with van der Waals surface area (Å²) in [5.74, 6) is 0.253. The molecule has 0 aromatic heterocycles. The lowest BCUT2D eigenvalue weighted by molar-refractivity contribution is -0.121. The fourth-order valence-corrected chi connectivity index (χ4v) is 3.36. The predicted octanol–water partition coefficient (Wildman–Crippen LogP) is 5.06. The minimum absolute atomic E-state index is 0.136. The molecule has 0 aliphatic rings. The van der Waals surface area contributed by atoms with Gasteiger partial charge < -0.3 is 14.4 Å². The third kappa shape index (κ3) is 4.91. The molecule has 140 valence electrons. The number of carbonyl (C=O) groups is 1. The molecule has 0 aliphatic heterocycles. The first-order valence-corrected chi connectivity index (χ1v) is 9.05. The van der Waals surface area contributed by atoms with Gasteiger partial charge in [0.2, 0.25) is 0 Å². The lowest BCUT2D eigenvalue weighted by Crippen LogP contribution is -2.44. The number of methoxy groups -OCH3 is 1. The summed E-state index contributed by atoms with van der Waals surface area (Å²) in [6.07, 6.45) is 0. The van der Waals surface area contributed by atoms with Crippen LogP contribution in [0.15, 0.2) is 36.4 Å². The normalized spacial score (nSPS) is 11.9. The van der Waals surface area contributed by atoms with Gasteiger partial charge in [-0.15, -0.1) is 0 Å². The number of halogens is 2. The van der Waals surface area contributed by atoms with E-state index in [0.29, 0.717) is 22.4 Å². The van der Waals surface area contributed by atoms with Crippen LogP contribution in [-0.2, 0) is 9.53 Å². The molecule has 26 heavy (non-hydrogen) atoms. The Bertz CT molecular complexity index is 759. The third-order valence-corrected chi connectivity index (χ3v) is 4.57. The molecule has 6 heteroatoms. The first-order valence-electron chi connectivity index (χ1n) is 8.30. The Hall–Kier alpha value is -1.75. The molecule has 2 aromatic carbocycles. The lowest BCUT2D eigenvalue weighted by atomic mass is 10.1. The van der Waals surface area contributed by atoms with Gasteiger partial charge in [-0.1, -0.05) is 41.4 Å². The molecule has 0 radical (unpaired) electrons. The van der Waals surface area contributed by atoms with Crippen molar-refractivity contribution in [2.45, 2.75) is 26.8 Å². The van der Waals surface area contributed by atoms with Gasteiger partial charge in [0.05, 0.1) is 17.7 Å². The van der Waals surface area contributed by atoms with E-state index < -0.39 is 0 Å². The van der Waals surface area contributed by atoms with Crippen LogP contribution in [0, 0.1) is 13.8 Å². The van der Waals surface area contributed by atoms with Crippen molar-refractivity contribution in [3.8, 4) is 5.75 Å². The number of nitrogens with zero attached hydrogens (tertiary/aromatic N) is 1. The highest BCUT2D eigenvalue weighted by Gasteiger charge is 2.25. The number of benzene rings is 2. The second-order valence-electron chi connectivity index (χ2n) is 6.17. The maximum absolute atomic E-state index is 13.0. The van der Waals surface area contributed by atoms with E-state index in [1.54, 1.807) is 30.2 Å². The van der Waals surface area contributed by atoms with Crippen LogP contribution in [0.5, 0.6) is 5.75 Å². The zero-order valence-electron chi connectivity index (χ0n) is 15.4. The zero-order chi connectivity index (χ0) is 19.3. The molecule has 0 fully saturated rings. The first-order chi connectivity index (χ1) is 12.3. The largest absolute Gasteiger partial charge is 0.482 e. The molecule has 2 rings (SSSR count). The molecule has 1 atom stereocenters. The fourth-order valence-electron chi connectivity index (χ4n) is 2.89. The van der Waals surface area contributed by atoms with Crippen LogP contribution in [0.25, 0.3) is 0 Å². The van der Waals surface area contributed by atoms with Crippen molar-refractivity contribution >= 4 is 34.8 Å². The Balaban J connectivity index is 2.26. The third-order valence-electron chi connectivity index (χ3n) is 4.04. The summed E-state index contributed by atoms with van der Waals surface area (Å²) in [6.45, 7) is 6.20. The number of hydrogen-bond donors (Lipinski definition) is 0. The number of para-hydroxylation sites is 1. The van der Waals surface area contributed by atoms with E-state index in [1.807, 2.05) is 39.0 Å². The van der Waals surface area contributed by atoms with Gasteiger partial charge in [-0.2, -0.15) is 0 Å². The summed E-state index contributed by atoms with van der Waals surface area (Å²) in [5, 5.41) is 0.883. The number of aryl methyl sites for hydroxylation is 2. The van der Waals surface area contributed by atoms with Crippen LogP contribution in [0.4, 0.5) is 5.69 Å². The first kappa shape index (κ1) is 20.6. The number of rotatable bonds is 7. The van der Waals surface area contributed by atoms with Gasteiger partial charge in [0, 0.05) is 17.8 Å². The van der Waals surface area contributed by atoms with Crippen molar-refractivity contribution in [1.82, 2.24) is 0 Å². The van der Waals surface area contributed by atoms with E-state index in [-0.39, 0.29) is 18.6 Å². The molecular formula is C20H23Cl2NO3. The maximum Gasteiger partial charge on any atom is 0.265 e. The van der Waals surface area contributed by atoms with Crippen LogP contribution in [0.3, 0.4) is 0 Å². The number of amides is 1. The summed E-state index contributed by atoms with van der Waals surface area (Å²) in [5.41, 5.74) is 2.92. The minimum atomic E-state index is -0.169. The zero-order valence-corrected chi connectivity index (χ0v) is 16.9. The molecule has 0 spiro atoms. The molecule has 0 heterocycles. The molecule has 0 bridgehead atoms. The van der Waals surface area contributed by atoms with Gasteiger partial charge in [-0.25, -0.2) is 0 Å². The second-order valence-corrected chi connectivity index (χ2v) is 7.02. The van der Waals surface area contributed by atoms with E-state index in [4.69, 9.17) is 32.7 Å². The van der Waals surface area contributed by atoms with E-state index in [0.717, 1.165) is 16.8 Å². The second kappa shape index (κ2) is 9.26. The van der Waals surface area contributed by atoms with Gasteiger partial charge in [-0.05, 0) is 50.1 Å². The van der Waals surface area contributed by atoms with Gasteiger partial charge in [0.1, 0.15) is 5.75 Å². The van der Waals surface area contributed by atoms with Crippen LogP contribution in [0.2, 0.25) is 10.0 Å². The van der Waals surface area contributed by atoms with E-state index >= 15 is 0 Å².